The molecule has 0 aliphatic carbocycles. The summed E-state index contributed by atoms with van der Waals surface area (Å²) >= 11 is 0. The second-order valence-corrected chi connectivity index (χ2v) is 4.94. The summed E-state index contributed by atoms with van der Waals surface area (Å²) < 4.78 is 5.45. The molecule has 0 aliphatic heterocycles. The molecule has 0 bridgehead atoms. The molecule has 0 aromatic heterocycles. The first-order chi connectivity index (χ1) is 9.26. The van der Waals surface area contributed by atoms with Gasteiger partial charge in [-0.2, -0.15) is 0 Å². The Labute approximate surface area is 118 Å². The zero-order chi connectivity index (χ0) is 13.9. The van der Waals surface area contributed by atoms with Gasteiger partial charge in [0.15, 0.2) is 0 Å². The van der Waals surface area contributed by atoms with Gasteiger partial charge < -0.3 is 15.0 Å². The van der Waals surface area contributed by atoms with E-state index in [1.807, 2.05) is 14.0 Å². The highest BCUT2D eigenvalue weighted by molar-refractivity contribution is 5.27. The molecule has 0 saturated heterocycles. The second-order valence-electron chi connectivity index (χ2n) is 4.94. The van der Waals surface area contributed by atoms with Gasteiger partial charge in [-0.15, -0.1) is 0 Å². The molecule has 1 N–H and O–H groups in total. The van der Waals surface area contributed by atoms with Gasteiger partial charge in [0.05, 0.1) is 6.61 Å². The Bertz CT molecular complexity index is 324. The molecule has 0 aliphatic rings. The van der Waals surface area contributed by atoms with Crippen molar-refractivity contribution in [1.82, 2.24) is 10.2 Å². The summed E-state index contributed by atoms with van der Waals surface area (Å²) in [6.45, 7) is 6.16. The van der Waals surface area contributed by atoms with E-state index in [0.29, 0.717) is 0 Å². The van der Waals surface area contributed by atoms with E-state index in [1.54, 1.807) is 0 Å². The SMILES string of the molecule is CCOc1ccc(CCN(C)CCCCNC)cc1. The highest BCUT2D eigenvalue weighted by atomic mass is 16.5. The van der Waals surface area contributed by atoms with E-state index in [2.05, 4.69) is 41.5 Å². The van der Waals surface area contributed by atoms with Gasteiger partial charge in [0.25, 0.3) is 0 Å². The van der Waals surface area contributed by atoms with Gasteiger partial charge in [0.1, 0.15) is 5.75 Å². The predicted octanol–water partition coefficient (Wildman–Crippen LogP) is 2.56. The average Bonchev–Trinajstić information content (AvgIpc) is 2.43. The Balaban J connectivity index is 2.20. The summed E-state index contributed by atoms with van der Waals surface area (Å²) in [5.41, 5.74) is 1.38. The maximum absolute atomic E-state index is 5.45. The summed E-state index contributed by atoms with van der Waals surface area (Å²) in [5, 5.41) is 3.18. The molecule has 108 valence electrons. The number of nitrogens with zero attached hydrogens (tertiary/aromatic N) is 1. The van der Waals surface area contributed by atoms with Crippen LogP contribution in [0, 0.1) is 0 Å². The van der Waals surface area contributed by atoms with E-state index >= 15 is 0 Å². The quantitative estimate of drug-likeness (QED) is 0.657. The van der Waals surface area contributed by atoms with E-state index in [9.17, 15) is 0 Å². The van der Waals surface area contributed by atoms with Gasteiger partial charge >= 0.3 is 0 Å². The molecule has 19 heavy (non-hydrogen) atoms. The maximum atomic E-state index is 5.45. The first-order valence-electron chi connectivity index (χ1n) is 7.31. The molecule has 0 spiro atoms. The number of hydrogen-bond donors (Lipinski definition) is 1. The van der Waals surface area contributed by atoms with E-state index in [-0.39, 0.29) is 0 Å². The van der Waals surface area contributed by atoms with E-state index in [1.165, 1.54) is 24.9 Å². The van der Waals surface area contributed by atoms with Crippen molar-refractivity contribution in [1.29, 1.82) is 0 Å². The van der Waals surface area contributed by atoms with Crippen LogP contribution in [0.2, 0.25) is 0 Å². The Morgan fingerprint density at radius 3 is 2.47 bits per heavy atom. The first kappa shape index (κ1) is 16.0. The fourth-order valence-corrected chi connectivity index (χ4v) is 2.03. The topological polar surface area (TPSA) is 24.5 Å². The van der Waals surface area contributed by atoms with Crippen LogP contribution in [-0.4, -0.2) is 45.2 Å². The largest absolute Gasteiger partial charge is 0.494 e. The van der Waals surface area contributed by atoms with E-state index in [4.69, 9.17) is 4.74 Å². The van der Waals surface area contributed by atoms with Gasteiger partial charge in [-0.1, -0.05) is 12.1 Å². The summed E-state index contributed by atoms with van der Waals surface area (Å²) in [5.74, 6) is 0.965. The highest BCUT2D eigenvalue weighted by Gasteiger charge is 2.00. The summed E-state index contributed by atoms with van der Waals surface area (Å²) in [6.07, 6.45) is 3.62. The van der Waals surface area contributed by atoms with Crippen molar-refractivity contribution in [3.8, 4) is 5.75 Å². The molecule has 3 nitrogen and oxygen atoms in total. The lowest BCUT2D eigenvalue weighted by Crippen LogP contribution is -2.23. The normalized spacial score (nSPS) is 10.9. The van der Waals surface area contributed by atoms with Crippen LogP contribution in [0.25, 0.3) is 0 Å². The predicted molar refractivity (Wildman–Crippen MR) is 82.0 cm³/mol. The first-order valence-corrected chi connectivity index (χ1v) is 7.31. The third-order valence-corrected chi connectivity index (χ3v) is 3.23. The van der Waals surface area contributed by atoms with Gasteiger partial charge in [0.2, 0.25) is 0 Å². The van der Waals surface area contributed by atoms with Crippen molar-refractivity contribution in [3.63, 3.8) is 0 Å². The van der Waals surface area contributed by atoms with Crippen molar-refractivity contribution in [2.24, 2.45) is 0 Å². The van der Waals surface area contributed by atoms with Crippen LogP contribution in [0.15, 0.2) is 24.3 Å². The van der Waals surface area contributed by atoms with Crippen molar-refractivity contribution in [2.45, 2.75) is 26.2 Å². The standard InChI is InChI=1S/C16H28N2O/c1-4-19-16-9-7-15(8-10-16)11-14-18(3)13-6-5-12-17-2/h7-10,17H,4-6,11-14H2,1-3H3. The molecule has 0 atom stereocenters. The van der Waals surface area contributed by atoms with Crippen LogP contribution in [0.4, 0.5) is 0 Å². The molecule has 1 rings (SSSR count). The molecular formula is C16H28N2O. The minimum atomic E-state index is 0.731. The summed E-state index contributed by atoms with van der Waals surface area (Å²) in [6, 6.07) is 8.46. The van der Waals surface area contributed by atoms with Crippen LogP contribution >= 0.6 is 0 Å². The fraction of sp³-hybridized carbons (Fsp3) is 0.625. The van der Waals surface area contributed by atoms with E-state index in [0.717, 1.165) is 31.9 Å². The lowest BCUT2D eigenvalue weighted by Gasteiger charge is -2.16. The van der Waals surface area contributed by atoms with Crippen molar-refractivity contribution < 1.29 is 4.74 Å². The zero-order valence-corrected chi connectivity index (χ0v) is 12.6. The van der Waals surface area contributed by atoms with E-state index < -0.39 is 0 Å². The Morgan fingerprint density at radius 2 is 1.84 bits per heavy atom. The molecule has 0 amide bonds. The molecule has 1 aromatic rings. The van der Waals surface area contributed by atoms with Crippen LogP contribution in [0.3, 0.4) is 0 Å². The number of unbranched alkanes of at least 4 members (excludes halogenated alkanes) is 1. The zero-order valence-electron chi connectivity index (χ0n) is 12.6. The molecule has 0 saturated carbocycles. The lowest BCUT2D eigenvalue weighted by atomic mass is 10.1. The minimum absolute atomic E-state index is 0.731. The Morgan fingerprint density at radius 1 is 1.11 bits per heavy atom. The van der Waals surface area contributed by atoms with Crippen molar-refractivity contribution >= 4 is 0 Å². The average molecular weight is 264 g/mol. The van der Waals surface area contributed by atoms with Crippen molar-refractivity contribution in [2.75, 3.05) is 40.3 Å². The molecule has 1 aromatic carbocycles. The fourth-order valence-electron chi connectivity index (χ4n) is 2.03. The third-order valence-electron chi connectivity index (χ3n) is 3.23. The van der Waals surface area contributed by atoms with Crippen LogP contribution in [0.5, 0.6) is 5.75 Å². The summed E-state index contributed by atoms with van der Waals surface area (Å²) in [7, 11) is 4.21. The van der Waals surface area contributed by atoms with Crippen LogP contribution < -0.4 is 10.1 Å². The smallest absolute Gasteiger partial charge is 0.119 e. The molecule has 0 heterocycles. The molecule has 0 unspecified atom stereocenters. The Kier molecular flexibility index (Phi) is 8.26. The van der Waals surface area contributed by atoms with Crippen LogP contribution in [-0.2, 0) is 6.42 Å². The molecular weight excluding hydrogens is 236 g/mol. The van der Waals surface area contributed by atoms with Crippen LogP contribution in [0.1, 0.15) is 25.3 Å². The minimum Gasteiger partial charge on any atom is -0.494 e. The molecule has 3 heteroatoms. The Hall–Kier alpha value is -1.06. The lowest BCUT2D eigenvalue weighted by molar-refractivity contribution is 0.329. The monoisotopic (exact) mass is 264 g/mol. The third kappa shape index (κ3) is 7.19. The van der Waals surface area contributed by atoms with Crippen molar-refractivity contribution in [3.05, 3.63) is 29.8 Å². The second kappa shape index (κ2) is 9.82. The number of nitrogens with one attached hydrogen (secondary N) is 1. The number of hydrogen-bond acceptors (Lipinski definition) is 3. The number of likely N-dealkylation sites (N-methyl/N-ethyl adjacent to an activating group) is 1. The maximum Gasteiger partial charge on any atom is 0.119 e. The highest BCUT2D eigenvalue weighted by Crippen LogP contribution is 2.12. The number of benzene rings is 1. The van der Waals surface area contributed by atoms with Gasteiger partial charge in [-0.05, 0) is 71.1 Å². The number of rotatable bonds is 10. The van der Waals surface area contributed by atoms with Gasteiger partial charge in [0, 0.05) is 6.54 Å². The van der Waals surface area contributed by atoms with Gasteiger partial charge in [-0.25, -0.2) is 0 Å². The van der Waals surface area contributed by atoms with Gasteiger partial charge in [-0.3, -0.25) is 0 Å². The summed E-state index contributed by atoms with van der Waals surface area (Å²) in [4.78, 5) is 2.41. The molecule has 0 radical (unpaired) electrons. The number of ether oxygens (including phenoxy) is 1. The molecule has 0 fully saturated rings.